The maximum Gasteiger partial charge on any atom is 0.0133 e. The van der Waals surface area contributed by atoms with E-state index in [0.717, 1.165) is 6.04 Å². The molecule has 1 aliphatic heterocycles. The smallest absolute Gasteiger partial charge is 0.0133 e. The predicted molar refractivity (Wildman–Crippen MR) is 82.2 cm³/mol. The lowest BCUT2D eigenvalue weighted by molar-refractivity contribution is 0.155. The van der Waals surface area contributed by atoms with Crippen LogP contribution in [-0.4, -0.2) is 24.0 Å². The first kappa shape index (κ1) is 12.9. The van der Waals surface area contributed by atoms with Gasteiger partial charge in [0.2, 0.25) is 0 Å². The zero-order chi connectivity index (χ0) is 13.1. The van der Waals surface area contributed by atoms with Gasteiger partial charge in [-0.05, 0) is 63.3 Å². The second-order valence-corrected chi connectivity index (χ2v) is 6.12. The van der Waals surface area contributed by atoms with Crippen molar-refractivity contribution in [1.82, 2.24) is 4.90 Å². The molecule has 0 saturated carbocycles. The molecule has 1 heterocycles. The maximum atomic E-state index is 2.73. The van der Waals surface area contributed by atoms with Crippen molar-refractivity contribution < 1.29 is 0 Å². The van der Waals surface area contributed by atoms with E-state index in [-0.39, 0.29) is 0 Å². The molecule has 0 bridgehead atoms. The van der Waals surface area contributed by atoms with Crippen LogP contribution in [0.15, 0.2) is 30.3 Å². The second-order valence-electron chi connectivity index (χ2n) is 6.12. The third-order valence-electron chi connectivity index (χ3n) is 4.68. The van der Waals surface area contributed by atoms with Crippen LogP contribution >= 0.6 is 0 Å². The van der Waals surface area contributed by atoms with Crippen molar-refractivity contribution in [2.75, 3.05) is 13.1 Å². The number of likely N-dealkylation sites (tertiary alicyclic amines) is 1. The zero-order valence-corrected chi connectivity index (χ0v) is 12.1. The van der Waals surface area contributed by atoms with E-state index in [1.807, 2.05) is 0 Å². The Morgan fingerprint density at radius 3 is 2.63 bits per heavy atom. The Bertz CT molecular complexity index is 455. The first-order valence-electron chi connectivity index (χ1n) is 7.83. The molecule has 1 atom stereocenters. The van der Waals surface area contributed by atoms with Crippen LogP contribution in [0.3, 0.4) is 0 Å². The lowest BCUT2D eigenvalue weighted by Crippen LogP contribution is -2.39. The molecule has 0 amide bonds. The van der Waals surface area contributed by atoms with Gasteiger partial charge in [-0.15, -0.1) is 0 Å². The molecule has 0 N–H and O–H groups in total. The SMILES string of the molecule is Cc1cccc(C2=CCC(N3CCCCC3)CC2)c1. The van der Waals surface area contributed by atoms with Crippen LogP contribution < -0.4 is 0 Å². The van der Waals surface area contributed by atoms with Crippen molar-refractivity contribution >= 4 is 5.57 Å². The minimum atomic E-state index is 0.814. The molecule has 1 unspecified atom stereocenters. The monoisotopic (exact) mass is 255 g/mol. The Morgan fingerprint density at radius 1 is 1.11 bits per heavy atom. The van der Waals surface area contributed by atoms with E-state index in [9.17, 15) is 0 Å². The molecule has 19 heavy (non-hydrogen) atoms. The van der Waals surface area contributed by atoms with Crippen molar-refractivity contribution in [2.24, 2.45) is 0 Å². The Hall–Kier alpha value is -1.08. The zero-order valence-electron chi connectivity index (χ0n) is 12.1. The summed E-state index contributed by atoms with van der Waals surface area (Å²) in [5.74, 6) is 0. The van der Waals surface area contributed by atoms with Gasteiger partial charge in [0, 0.05) is 6.04 Å². The maximum absolute atomic E-state index is 2.73. The van der Waals surface area contributed by atoms with Gasteiger partial charge < -0.3 is 4.90 Å². The van der Waals surface area contributed by atoms with Gasteiger partial charge in [0.1, 0.15) is 0 Å². The third-order valence-corrected chi connectivity index (χ3v) is 4.68. The van der Waals surface area contributed by atoms with Crippen LogP contribution in [-0.2, 0) is 0 Å². The Balaban J connectivity index is 1.66. The standard InChI is InChI=1S/C18H25N/c1-15-6-5-7-17(14-15)16-8-10-18(11-9-16)19-12-3-2-4-13-19/h5-8,14,18H,2-4,9-13H2,1H3. The molecule has 1 fully saturated rings. The molecule has 1 nitrogen and oxygen atoms in total. The van der Waals surface area contributed by atoms with Crippen molar-refractivity contribution in [1.29, 1.82) is 0 Å². The summed E-state index contributed by atoms with van der Waals surface area (Å²) in [7, 11) is 0. The molecule has 2 aliphatic rings. The van der Waals surface area contributed by atoms with Crippen LogP contribution in [0.4, 0.5) is 0 Å². The highest BCUT2D eigenvalue weighted by Gasteiger charge is 2.22. The molecular weight excluding hydrogens is 230 g/mol. The molecule has 1 saturated heterocycles. The molecule has 1 aliphatic carbocycles. The summed E-state index contributed by atoms with van der Waals surface area (Å²) in [6, 6.07) is 9.77. The van der Waals surface area contributed by atoms with Gasteiger partial charge >= 0.3 is 0 Å². The minimum absolute atomic E-state index is 0.814. The fraction of sp³-hybridized carbons (Fsp3) is 0.556. The molecule has 1 heteroatoms. The first-order valence-corrected chi connectivity index (χ1v) is 7.83. The summed E-state index contributed by atoms with van der Waals surface area (Å²) in [6.07, 6.45) is 10.6. The molecule has 0 radical (unpaired) electrons. The van der Waals surface area contributed by atoms with Crippen LogP contribution in [0, 0.1) is 6.92 Å². The summed E-state index contributed by atoms with van der Waals surface area (Å²) < 4.78 is 0. The number of hydrogen-bond acceptors (Lipinski definition) is 1. The van der Waals surface area contributed by atoms with E-state index in [1.165, 1.54) is 62.7 Å². The van der Waals surface area contributed by atoms with Gasteiger partial charge in [-0.3, -0.25) is 0 Å². The third kappa shape index (κ3) is 3.09. The molecule has 0 spiro atoms. The normalized spacial score (nSPS) is 25.1. The number of hydrogen-bond donors (Lipinski definition) is 0. The number of allylic oxidation sites excluding steroid dienone is 1. The lowest BCUT2D eigenvalue weighted by Gasteiger charge is -2.36. The number of benzene rings is 1. The van der Waals surface area contributed by atoms with Gasteiger partial charge in [-0.25, -0.2) is 0 Å². The largest absolute Gasteiger partial charge is 0.300 e. The summed E-state index contributed by atoms with van der Waals surface area (Å²) in [4.78, 5) is 2.73. The van der Waals surface area contributed by atoms with Gasteiger partial charge in [-0.2, -0.15) is 0 Å². The number of rotatable bonds is 2. The highest BCUT2D eigenvalue weighted by Crippen LogP contribution is 2.30. The van der Waals surface area contributed by atoms with E-state index in [0.29, 0.717) is 0 Å². The van der Waals surface area contributed by atoms with Crippen LogP contribution in [0.5, 0.6) is 0 Å². The highest BCUT2D eigenvalue weighted by molar-refractivity contribution is 5.66. The molecule has 0 aromatic heterocycles. The fourth-order valence-electron chi connectivity index (χ4n) is 3.54. The van der Waals surface area contributed by atoms with Crippen molar-refractivity contribution in [3.05, 3.63) is 41.5 Å². The van der Waals surface area contributed by atoms with E-state index < -0.39 is 0 Å². The van der Waals surface area contributed by atoms with Gasteiger partial charge in [0.25, 0.3) is 0 Å². The summed E-state index contributed by atoms with van der Waals surface area (Å²) in [5.41, 5.74) is 4.38. The molecule has 1 aromatic rings. The van der Waals surface area contributed by atoms with Crippen molar-refractivity contribution in [2.45, 2.75) is 51.5 Å². The van der Waals surface area contributed by atoms with Gasteiger partial charge in [0.05, 0.1) is 0 Å². The first-order chi connectivity index (χ1) is 9.33. The average Bonchev–Trinajstić information content (AvgIpc) is 2.48. The molecular formula is C18H25N. The number of nitrogens with zero attached hydrogens (tertiary/aromatic N) is 1. The summed E-state index contributed by atoms with van der Waals surface area (Å²) in [6.45, 7) is 4.85. The van der Waals surface area contributed by atoms with Gasteiger partial charge in [0.15, 0.2) is 0 Å². The molecule has 1 aromatic carbocycles. The highest BCUT2D eigenvalue weighted by atomic mass is 15.2. The summed E-state index contributed by atoms with van der Waals surface area (Å²) in [5, 5.41) is 0. The topological polar surface area (TPSA) is 3.24 Å². The van der Waals surface area contributed by atoms with E-state index in [4.69, 9.17) is 0 Å². The van der Waals surface area contributed by atoms with Crippen molar-refractivity contribution in [3.8, 4) is 0 Å². The van der Waals surface area contributed by atoms with E-state index in [2.05, 4.69) is 42.2 Å². The van der Waals surface area contributed by atoms with Crippen LogP contribution in [0.2, 0.25) is 0 Å². The van der Waals surface area contributed by atoms with E-state index >= 15 is 0 Å². The van der Waals surface area contributed by atoms with Crippen LogP contribution in [0.25, 0.3) is 5.57 Å². The summed E-state index contributed by atoms with van der Waals surface area (Å²) >= 11 is 0. The second kappa shape index (κ2) is 5.92. The quantitative estimate of drug-likeness (QED) is 0.756. The van der Waals surface area contributed by atoms with Crippen LogP contribution in [0.1, 0.15) is 49.7 Å². The van der Waals surface area contributed by atoms with Crippen molar-refractivity contribution in [3.63, 3.8) is 0 Å². The van der Waals surface area contributed by atoms with E-state index in [1.54, 1.807) is 5.57 Å². The Kier molecular flexibility index (Phi) is 4.03. The average molecular weight is 255 g/mol. The predicted octanol–water partition coefficient (Wildman–Crippen LogP) is 4.42. The number of aryl methyl sites for hydroxylation is 1. The molecule has 3 rings (SSSR count). The van der Waals surface area contributed by atoms with Gasteiger partial charge in [-0.1, -0.05) is 42.3 Å². The minimum Gasteiger partial charge on any atom is -0.300 e. The lowest BCUT2D eigenvalue weighted by atomic mass is 9.89. The molecule has 102 valence electrons. The Morgan fingerprint density at radius 2 is 1.95 bits per heavy atom. The fourth-order valence-corrected chi connectivity index (χ4v) is 3.54. The number of piperidine rings is 1. The Labute approximate surface area is 117 Å².